The van der Waals surface area contributed by atoms with Crippen LogP contribution >= 0.6 is 0 Å². The molecule has 1 aliphatic heterocycles. The van der Waals surface area contributed by atoms with Gasteiger partial charge in [-0.05, 0) is 49.2 Å². The molecule has 6 heteroatoms. The van der Waals surface area contributed by atoms with Crippen molar-refractivity contribution in [1.82, 2.24) is 15.1 Å². The van der Waals surface area contributed by atoms with Crippen LogP contribution in [0.5, 0.6) is 0 Å². The van der Waals surface area contributed by atoms with Gasteiger partial charge in [0, 0.05) is 26.2 Å². The minimum absolute atomic E-state index is 0.0135. The number of nitrogens with one attached hydrogen (secondary N) is 1. The number of hydrogen-bond acceptors (Lipinski definition) is 4. The van der Waals surface area contributed by atoms with Crippen LogP contribution < -0.4 is 5.32 Å². The summed E-state index contributed by atoms with van der Waals surface area (Å²) in [6.45, 7) is 8.81. The summed E-state index contributed by atoms with van der Waals surface area (Å²) >= 11 is 0. The Kier molecular flexibility index (Phi) is 7.47. The second-order valence-corrected chi connectivity index (χ2v) is 7.52. The summed E-state index contributed by atoms with van der Waals surface area (Å²) in [5.41, 5.74) is 2.39. The van der Waals surface area contributed by atoms with Crippen molar-refractivity contribution in [2.45, 2.75) is 39.8 Å². The van der Waals surface area contributed by atoms with Crippen LogP contribution in [0.1, 0.15) is 48.4 Å². The monoisotopic (exact) mass is 397 g/mol. The third kappa shape index (κ3) is 5.48. The summed E-state index contributed by atoms with van der Waals surface area (Å²) in [5.74, 6) is 0.0191. The van der Waals surface area contributed by atoms with E-state index in [1.807, 2.05) is 12.1 Å². The molecule has 0 saturated carbocycles. The van der Waals surface area contributed by atoms with E-state index in [1.54, 1.807) is 17.0 Å². The molecule has 1 aromatic heterocycles. The lowest BCUT2D eigenvalue weighted by molar-refractivity contribution is -0.126. The topological polar surface area (TPSA) is 65.8 Å². The second kappa shape index (κ2) is 10.3. The van der Waals surface area contributed by atoms with Gasteiger partial charge in [-0.2, -0.15) is 0 Å². The third-order valence-corrected chi connectivity index (χ3v) is 5.67. The summed E-state index contributed by atoms with van der Waals surface area (Å²) in [5, 5.41) is 3.09. The highest BCUT2D eigenvalue weighted by molar-refractivity contribution is 5.92. The molecule has 0 radical (unpaired) electrons. The molecule has 1 unspecified atom stereocenters. The fraction of sp³-hybridized carbons (Fsp3) is 0.478. The van der Waals surface area contributed by atoms with Gasteiger partial charge in [-0.15, -0.1) is 0 Å². The molecular weight excluding hydrogens is 366 g/mol. The van der Waals surface area contributed by atoms with Crippen LogP contribution in [0.3, 0.4) is 0 Å². The minimum Gasteiger partial charge on any atom is -0.459 e. The van der Waals surface area contributed by atoms with Crippen molar-refractivity contribution in [3.63, 3.8) is 0 Å². The van der Waals surface area contributed by atoms with Gasteiger partial charge in [0.2, 0.25) is 5.91 Å². The molecule has 2 aromatic rings. The SMILES string of the molecule is CCN(CC)Cc1ccccc1CNC(=O)C1CCCN(C(=O)c2ccco2)C1. The average Bonchev–Trinajstić information content (AvgIpc) is 3.31. The molecule has 1 N–H and O–H groups in total. The first-order chi connectivity index (χ1) is 14.1. The van der Waals surface area contributed by atoms with E-state index in [1.165, 1.54) is 11.8 Å². The van der Waals surface area contributed by atoms with Crippen molar-refractivity contribution in [1.29, 1.82) is 0 Å². The molecule has 1 atom stereocenters. The largest absolute Gasteiger partial charge is 0.459 e. The van der Waals surface area contributed by atoms with E-state index < -0.39 is 0 Å². The van der Waals surface area contributed by atoms with E-state index in [-0.39, 0.29) is 17.7 Å². The number of amides is 2. The first-order valence-corrected chi connectivity index (χ1v) is 10.5. The Labute approximate surface area is 172 Å². The number of piperidine rings is 1. The lowest BCUT2D eigenvalue weighted by Gasteiger charge is -2.31. The molecular formula is C23H31N3O3. The van der Waals surface area contributed by atoms with Crippen molar-refractivity contribution in [3.8, 4) is 0 Å². The number of carbonyl (C=O) groups excluding carboxylic acids is 2. The van der Waals surface area contributed by atoms with Gasteiger partial charge in [-0.3, -0.25) is 14.5 Å². The van der Waals surface area contributed by atoms with Crippen molar-refractivity contribution in [2.75, 3.05) is 26.2 Å². The van der Waals surface area contributed by atoms with Crippen molar-refractivity contribution in [2.24, 2.45) is 5.92 Å². The van der Waals surface area contributed by atoms with Gasteiger partial charge in [-0.1, -0.05) is 38.1 Å². The molecule has 2 heterocycles. The minimum atomic E-state index is -0.183. The van der Waals surface area contributed by atoms with E-state index in [2.05, 4.69) is 36.2 Å². The van der Waals surface area contributed by atoms with Crippen LogP contribution in [-0.4, -0.2) is 47.8 Å². The summed E-state index contributed by atoms with van der Waals surface area (Å²) in [7, 11) is 0. The standard InChI is InChI=1S/C23H31N3O3/c1-3-25(4-2)16-19-10-6-5-9-18(19)15-24-22(27)20-11-7-13-26(17-20)23(28)21-12-8-14-29-21/h5-6,8-10,12,14,20H,3-4,7,11,13,15-17H2,1-2H3,(H,24,27). The number of likely N-dealkylation sites (tertiary alicyclic amines) is 1. The summed E-state index contributed by atoms with van der Waals surface area (Å²) in [4.78, 5) is 29.4. The highest BCUT2D eigenvalue weighted by Crippen LogP contribution is 2.20. The molecule has 1 aliphatic rings. The van der Waals surface area contributed by atoms with Gasteiger partial charge < -0.3 is 14.6 Å². The maximum Gasteiger partial charge on any atom is 0.289 e. The predicted molar refractivity (Wildman–Crippen MR) is 112 cm³/mol. The van der Waals surface area contributed by atoms with E-state index >= 15 is 0 Å². The maximum atomic E-state index is 12.8. The van der Waals surface area contributed by atoms with E-state index in [4.69, 9.17) is 4.42 Å². The lowest BCUT2D eigenvalue weighted by atomic mass is 9.96. The highest BCUT2D eigenvalue weighted by Gasteiger charge is 2.29. The van der Waals surface area contributed by atoms with E-state index in [0.717, 1.165) is 38.0 Å². The number of furan rings is 1. The molecule has 0 spiro atoms. The van der Waals surface area contributed by atoms with Crippen molar-refractivity contribution in [3.05, 3.63) is 59.5 Å². The van der Waals surface area contributed by atoms with Gasteiger partial charge in [-0.25, -0.2) is 0 Å². The molecule has 1 aromatic carbocycles. The Hall–Kier alpha value is -2.60. The smallest absolute Gasteiger partial charge is 0.289 e. The van der Waals surface area contributed by atoms with Gasteiger partial charge >= 0.3 is 0 Å². The molecule has 1 fully saturated rings. The van der Waals surface area contributed by atoms with Gasteiger partial charge in [0.15, 0.2) is 5.76 Å². The molecule has 1 saturated heterocycles. The Morgan fingerprint density at radius 3 is 2.59 bits per heavy atom. The number of benzene rings is 1. The molecule has 0 aliphatic carbocycles. The van der Waals surface area contributed by atoms with Crippen LogP contribution in [0, 0.1) is 5.92 Å². The quantitative estimate of drug-likeness (QED) is 0.742. The Morgan fingerprint density at radius 2 is 1.90 bits per heavy atom. The molecule has 2 amide bonds. The summed E-state index contributed by atoms with van der Waals surface area (Å²) in [6, 6.07) is 11.6. The second-order valence-electron chi connectivity index (χ2n) is 7.52. The van der Waals surface area contributed by atoms with Crippen LogP contribution in [0.2, 0.25) is 0 Å². The maximum absolute atomic E-state index is 12.8. The Morgan fingerprint density at radius 1 is 1.14 bits per heavy atom. The number of carbonyl (C=O) groups is 2. The lowest BCUT2D eigenvalue weighted by Crippen LogP contribution is -2.45. The summed E-state index contributed by atoms with van der Waals surface area (Å²) in [6.07, 6.45) is 3.12. The van der Waals surface area contributed by atoms with Gasteiger partial charge in [0.05, 0.1) is 12.2 Å². The highest BCUT2D eigenvalue weighted by atomic mass is 16.3. The van der Waals surface area contributed by atoms with Crippen LogP contribution in [-0.2, 0) is 17.9 Å². The van der Waals surface area contributed by atoms with Crippen molar-refractivity contribution < 1.29 is 14.0 Å². The number of rotatable bonds is 8. The van der Waals surface area contributed by atoms with Crippen LogP contribution in [0.4, 0.5) is 0 Å². The predicted octanol–water partition coefficient (Wildman–Crippen LogP) is 3.29. The average molecular weight is 398 g/mol. The zero-order chi connectivity index (χ0) is 20.6. The fourth-order valence-electron chi connectivity index (χ4n) is 3.83. The molecule has 3 rings (SSSR count). The van der Waals surface area contributed by atoms with E-state index in [0.29, 0.717) is 25.4 Å². The first kappa shape index (κ1) is 21.1. The summed E-state index contributed by atoms with van der Waals surface area (Å²) < 4.78 is 5.22. The molecule has 6 nitrogen and oxygen atoms in total. The molecule has 156 valence electrons. The molecule has 0 bridgehead atoms. The first-order valence-electron chi connectivity index (χ1n) is 10.5. The molecule has 29 heavy (non-hydrogen) atoms. The zero-order valence-electron chi connectivity index (χ0n) is 17.4. The fourth-order valence-corrected chi connectivity index (χ4v) is 3.83. The van der Waals surface area contributed by atoms with Crippen molar-refractivity contribution >= 4 is 11.8 Å². The van der Waals surface area contributed by atoms with Crippen LogP contribution in [0.25, 0.3) is 0 Å². The Balaban J connectivity index is 1.57. The Bertz CT molecular complexity index is 799. The van der Waals surface area contributed by atoms with Gasteiger partial charge in [0.25, 0.3) is 5.91 Å². The van der Waals surface area contributed by atoms with E-state index in [9.17, 15) is 9.59 Å². The number of nitrogens with zero attached hydrogens (tertiary/aromatic N) is 2. The van der Waals surface area contributed by atoms with Gasteiger partial charge in [0.1, 0.15) is 0 Å². The van der Waals surface area contributed by atoms with Crippen LogP contribution in [0.15, 0.2) is 47.1 Å². The normalized spacial score (nSPS) is 16.8. The zero-order valence-corrected chi connectivity index (χ0v) is 17.4. The third-order valence-electron chi connectivity index (χ3n) is 5.67. The number of hydrogen-bond donors (Lipinski definition) is 1.